The van der Waals surface area contributed by atoms with Crippen LogP contribution in [0, 0.1) is 11.8 Å². The maximum atomic E-state index is 12.1. The van der Waals surface area contributed by atoms with E-state index in [2.05, 4.69) is 15.2 Å². The van der Waals surface area contributed by atoms with Crippen LogP contribution < -0.4 is 5.32 Å². The van der Waals surface area contributed by atoms with Crippen LogP contribution in [0.25, 0.3) is 0 Å². The lowest BCUT2D eigenvalue weighted by Crippen LogP contribution is -2.65. The maximum absolute atomic E-state index is 12.1. The number of nitrogens with one attached hydrogen (secondary N) is 1. The summed E-state index contributed by atoms with van der Waals surface area (Å²) in [5.74, 6) is -4.01. The van der Waals surface area contributed by atoms with Crippen LogP contribution in [0.15, 0.2) is 24.5 Å². The zero-order chi connectivity index (χ0) is 28.6. The van der Waals surface area contributed by atoms with Gasteiger partial charge in [-0.3, -0.25) is 14.7 Å². The van der Waals surface area contributed by atoms with Crippen LogP contribution in [0.1, 0.15) is 42.5 Å². The highest BCUT2D eigenvalue weighted by atomic mass is 19.4. The zero-order valence-corrected chi connectivity index (χ0v) is 20.2. The summed E-state index contributed by atoms with van der Waals surface area (Å²) in [5, 5.41) is 17.3. The number of pyridine rings is 1. The molecule has 38 heavy (non-hydrogen) atoms. The lowest BCUT2D eigenvalue weighted by molar-refractivity contribution is -0.193. The first-order valence-corrected chi connectivity index (χ1v) is 11.8. The van der Waals surface area contributed by atoms with Crippen molar-refractivity contribution in [3.63, 3.8) is 0 Å². The molecular formula is C23H29F6N3O6. The van der Waals surface area contributed by atoms with Gasteiger partial charge >= 0.3 is 24.3 Å². The van der Waals surface area contributed by atoms with Crippen LogP contribution in [0.3, 0.4) is 0 Å². The fourth-order valence-electron chi connectivity index (χ4n) is 4.39. The first-order valence-electron chi connectivity index (χ1n) is 11.8. The normalized spacial score (nSPS) is 20.6. The van der Waals surface area contributed by atoms with Crippen LogP contribution in [0.2, 0.25) is 0 Å². The van der Waals surface area contributed by atoms with Crippen molar-refractivity contribution in [1.29, 1.82) is 0 Å². The highest BCUT2D eigenvalue weighted by Gasteiger charge is 2.52. The Labute approximate surface area is 214 Å². The Bertz CT molecular complexity index is 910. The van der Waals surface area contributed by atoms with Gasteiger partial charge in [0.05, 0.1) is 5.60 Å². The fraction of sp³-hybridized carbons (Fsp3) is 0.652. The number of amides is 1. The molecule has 214 valence electrons. The first kappa shape index (κ1) is 31.3. The molecule has 1 aliphatic carbocycles. The average molecular weight is 557 g/mol. The number of hydrogen-bond donors (Lipinski definition) is 3. The molecule has 1 aromatic rings. The number of ether oxygens (including phenoxy) is 1. The number of carbonyl (C=O) groups is 3. The Morgan fingerprint density at radius 2 is 1.53 bits per heavy atom. The molecule has 2 aliphatic heterocycles. The van der Waals surface area contributed by atoms with Gasteiger partial charge in [-0.2, -0.15) is 26.3 Å². The first-order chi connectivity index (χ1) is 17.6. The summed E-state index contributed by atoms with van der Waals surface area (Å²) >= 11 is 0. The largest absolute Gasteiger partial charge is 0.490 e. The van der Waals surface area contributed by atoms with Gasteiger partial charge in [0.1, 0.15) is 0 Å². The minimum Gasteiger partial charge on any atom is -0.475 e. The van der Waals surface area contributed by atoms with E-state index in [1.807, 2.05) is 0 Å². The second-order valence-electron chi connectivity index (χ2n) is 9.25. The number of carboxylic acids is 2. The minimum atomic E-state index is -5.08. The third-order valence-electron chi connectivity index (χ3n) is 6.53. The quantitative estimate of drug-likeness (QED) is 0.455. The molecule has 1 amide bonds. The Hall–Kier alpha value is -2.94. The van der Waals surface area contributed by atoms with E-state index >= 15 is 0 Å². The molecule has 0 radical (unpaired) electrons. The fourth-order valence-corrected chi connectivity index (χ4v) is 4.39. The molecule has 1 saturated carbocycles. The molecular weight excluding hydrogens is 528 g/mol. The summed E-state index contributed by atoms with van der Waals surface area (Å²) < 4.78 is 69.6. The maximum Gasteiger partial charge on any atom is 0.490 e. The number of alkyl halides is 6. The third kappa shape index (κ3) is 9.42. The predicted octanol–water partition coefficient (Wildman–Crippen LogP) is 3.36. The van der Waals surface area contributed by atoms with Gasteiger partial charge < -0.3 is 20.3 Å². The van der Waals surface area contributed by atoms with Gasteiger partial charge in [0, 0.05) is 50.7 Å². The second kappa shape index (κ2) is 13.2. The molecule has 3 fully saturated rings. The summed E-state index contributed by atoms with van der Waals surface area (Å²) in [6.07, 6.45) is -0.486. The van der Waals surface area contributed by atoms with Crippen LogP contribution in [-0.2, 0) is 14.3 Å². The number of halogens is 6. The molecule has 3 heterocycles. The average Bonchev–Trinajstić information content (AvgIpc) is 3.19. The SMILES string of the molecule is O=C(NCCC1CCOC12CN(CC1CCC1)C2)c1ccncc1.O=C(O)C(F)(F)F.O=C(O)C(F)(F)F. The van der Waals surface area contributed by atoms with Crippen LogP contribution in [0.4, 0.5) is 26.3 Å². The number of nitrogens with zero attached hydrogens (tertiary/aromatic N) is 2. The highest BCUT2D eigenvalue weighted by Crippen LogP contribution is 2.42. The Kier molecular flexibility index (Phi) is 10.9. The molecule has 15 heteroatoms. The van der Waals surface area contributed by atoms with Crippen molar-refractivity contribution in [3.8, 4) is 0 Å². The van der Waals surface area contributed by atoms with Gasteiger partial charge in [-0.1, -0.05) is 6.42 Å². The Morgan fingerprint density at radius 1 is 1.00 bits per heavy atom. The number of rotatable bonds is 6. The topological polar surface area (TPSA) is 129 Å². The van der Waals surface area contributed by atoms with Crippen molar-refractivity contribution >= 4 is 17.8 Å². The molecule has 3 N–H and O–H groups in total. The standard InChI is InChI=1S/C19H27N3O2.2C2HF3O2/c23-18(16-4-8-20-9-5-16)21-10-6-17-7-11-24-19(17)13-22(14-19)12-15-2-1-3-15;2*3-2(4,5)1(6)7/h4-5,8-9,15,17H,1-3,6-7,10-14H2,(H,21,23);2*(H,6,7). The number of likely N-dealkylation sites (tertiary alicyclic amines) is 1. The Balaban J connectivity index is 0.000000301. The van der Waals surface area contributed by atoms with Crippen molar-refractivity contribution < 1.29 is 55.7 Å². The van der Waals surface area contributed by atoms with E-state index < -0.39 is 24.3 Å². The third-order valence-corrected chi connectivity index (χ3v) is 6.53. The van der Waals surface area contributed by atoms with Crippen LogP contribution in [0.5, 0.6) is 0 Å². The van der Waals surface area contributed by atoms with Gasteiger partial charge in [0.15, 0.2) is 0 Å². The molecule has 1 aromatic heterocycles. The lowest BCUT2D eigenvalue weighted by Gasteiger charge is -2.52. The summed E-state index contributed by atoms with van der Waals surface area (Å²) in [6.45, 7) is 5.04. The van der Waals surface area contributed by atoms with E-state index in [-0.39, 0.29) is 11.5 Å². The number of carboxylic acid groups (broad SMARTS) is 2. The summed E-state index contributed by atoms with van der Waals surface area (Å²) in [6, 6.07) is 3.50. The summed E-state index contributed by atoms with van der Waals surface area (Å²) in [7, 11) is 0. The predicted molar refractivity (Wildman–Crippen MR) is 119 cm³/mol. The highest BCUT2D eigenvalue weighted by molar-refractivity contribution is 5.93. The second-order valence-corrected chi connectivity index (χ2v) is 9.25. The molecule has 0 aromatic carbocycles. The van der Waals surface area contributed by atoms with Crippen molar-refractivity contribution in [2.24, 2.45) is 11.8 Å². The van der Waals surface area contributed by atoms with Crippen molar-refractivity contribution in [3.05, 3.63) is 30.1 Å². The van der Waals surface area contributed by atoms with Gasteiger partial charge in [-0.15, -0.1) is 0 Å². The van der Waals surface area contributed by atoms with E-state index in [1.54, 1.807) is 24.5 Å². The van der Waals surface area contributed by atoms with Gasteiger partial charge in [-0.05, 0) is 49.7 Å². The van der Waals surface area contributed by atoms with E-state index in [0.717, 1.165) is 45.0 Å². The molecule has 3 aliphatic rings. The number of hydrogen-bond acceptors (Lipinski definition) is 6. The molecule has 1 spiro atoms. The number of carbonyl (C=O) groups excluding carboxylic acids is 1. The van der Waals surface area contributed by atoms with E-state index in [0.29, 0.717) is 11.5 Å². The molecule has 1 unspecified atom stereocenters. The number of aliphatic carboxylic acids is 2. The smallest absolute Gasteiger partial charge is 0.475 e. The minimum absolute atomic E-state index is 0.00872. The van der Waals surface area contributed by atoms with E-state index in [9.17, 15) is 31.1 Å². The van der Waals surface area contributed by atoms with Gasteiger partial charge in [-0.25, -0.2) is 9.59 Å². The molecule has 9 nitrogen and oxygen atoms in total. The lowest BCUT2D eigenvalue weighted by atomic mass is 9.77. The van der Waals surface area contributed by atoms with E-state index in [4.69, 9.17) is 24.5 Å². The number of aromatic nitrogens is 1. The van der Waals surface area contributed by atoms with Crippen molar-refractivity contribution in [1.82, 2.24) is 15.2 Å². The molecule has 0 bridgehead atoms. The van der Waals surface area contributed by atoms with Crippen LogP contribution >= 0.6 is 0 Å². The molecule has 4 rings (SSSR count). The zero-order valence-electron chi connectivity index (χ0n) is 20.2. The van der Waals surface area contributed by atoms with E-state index in [1.165, 1.54) is 25.8 Å². The monoisotopic (exact) mass is 557 g/mol. The van der Waals surface area contributed by atoms with Crippen LogP contribution in [-0.4, -0.2) is 88.7 Å². The Morgan fingerprint density at radius 3 is 1.97 bits per heavy atom. The van der Waals surface area contributed by atoms with Crippen molar-refractivity contribution in [2.75, 3.05) is 32.8 Å². The summed E-state index contributed by atoms with van der Waals surface area (Å²) in [4.78, 5) is 36.4. The van der Waals surface area contributed by atoms with Crippen molar-refractivity contribution in [2.45, 2.75) is 50.1 Å². The molecule has 1 atom stereocenters. The van der Waals surface area contributed by atoms with Gasteiger partial charge in [0.2, 0.25) is 0 Å². The van der Waals surface area contributed by atoms with Gasteiger partial charge in [0.25, 0.3) is 5.91 Å². The summed E-state index contributed by atoms with van der Waals surface area (Å²) in [5.41, 5.74) is 0.753. The molecule has 2 saturated heterocycles.